The van der Waals surface area contributed by atoms with Crippen molar-refractivity contribution in [1.29, 1.82) is 0 Å². The number of sulfonamides is 1. The van der Waals surface area contributed by atoms with Crippen molar-refractivity contribution in [1.82, 2.24) is 10.0 Å². The Hall–Kier alpha value is -2.38. The van der Waals surface area contributed by atoms with Crippen LogP contribution in [0.2, 0.25) is 0 Å². The fourth-order valence-corrected chi connectivity index (χ4v) is 4.84. The second-order valence-corrected chi connectivity index (χ2v) is 9.25. The Kier molecular flexibility index (Phi) is 6.92. The van der Waals surface area contributed by atoms with E-state index in [1.807, 2.05) is 0 Å². The third-order valence-corrected chi connectivity index (χ3v) is 6.91. The molecule has 1 fully saturated rings. The quantitative estimate of drug-likeness (QED) is 0.724. The summed E-state index contributed by atoms with van der Waals surface area (Å²) in [6.45, 7) is 2.31. The largest absolute Gasteiger partial charge is 0.495 e. The molecule has 2 atom stereocenters. The lowest BCUT2D eigenvalue weighted by atomic mass is 9.86. The zero-order valence-corrected chi connectivity index (χ0v) is 17.7. The van der Waals surface area contributed by atoms with E-state index in [9.17, 15) is 13.2 Å². The van der Waals surface area contributed by atoms with Crippen LogP contribution in [-0.2, 0) is 16.6 Å². The molecule has 1 aliphatic carbocycles. The summed E-state index contributed by atoms with van der Waals surface area (Å²) in [5.41, 5.74) is 1.35. The van der Waals surface area contributed by atoms with E-state index in [2.05, 4.69) is 17.0 Å². The summed E-state index contributed by atoms with van der Waals surface area (Å²) in [6.07, 6.45) is 4.56. The van der Waals surface area contributed by atoms with E-state index in [4.69, 9.17) is 4.74 Å². The molecule has 0 spiro atoms. The van der Waals surface area contributed by atoms with Crippen molar-refractivity contribution in [3.63, 3.8) is 0 Å². The van der Waals surface area contributed by atoms with E-state index in [0.717, 1.165) is 24.8 Å². The summed E-state index contributed by atoms with van der Waals surface area (Å²) in [4.78, 5) is 12.6. The Bertz CT molecular complexity index is 942. The van der Waals surface area contributed by atoms with E-state index < -0.39 is 10.0 Å². The number of benzene rings is 2. The Labute approximate surface area is 172 Å². The fourth-order valence-electron chi connectivity index (χ4n) is 3.65. The number of ether oxygens (including phenoxy) is 1. The maximum absolute atomic E-state index is 12.6. The minimum atomic E-state index is -3.71. The Morgan fingerprint density at radius 2 is 1.76 bits per heavy atom. The summed E-state index contributed by atoms with van der Waals surface area (Å²) in [6, 6.07) is 13.7. The van der Waals surface area contributed by atoms with Crippen LogP contribution in [0.5, 0.6) is 5.75 Å². The Morgan fingerprint density at radius 1 is 1.07 bits per heavy atom. The molecule has 1 saturated carbocycles. The van der Waals surface area contributed by atoms with Gasteiger partial charge in [-0.1, -0.05) is 44.0 Å². The van der Waals surface area contributed by atoms with Crippen molar-refractivity contribution < 1.29 is 17.9 Å². The molecule has 3 rings (SSSR count). The molecule has 1 aliphatic rings. The Balaban J connectivity index is 1.61. The van der Waals surface area contributed by atoms with Crippen molar-refractivity contribution in [2.45, 2.75) is 50.1 Å². The highest BCUT2D eigenvalue weighted by Gasteiger charge is 2.23. The number of amides is 1. The van der Waals surface area contributed by atoms with Crippen LogP contribution in [0.25, 0.3) is 0 Å². The smallest absolute Gasteiger partial charge is 0.251 e. The van der Waals surface area contributed by atoms with Crippen LogP contribution in [-0.4, -0.2) is 27.5 Å². The molecular weight excluding hydrogens is 388 g/mol. The van der Waals surface area contributed by atoms with Crippen molar-refractivity contribution in [2.75, 3.05) is 7.11 Å². The number of hydrogen-bond donors (Lipinski definition) is 2. The number of carbonyl (C=O) groups is 1. The first-order chi connectivity index (χ1) is 13.9. The topological polar surface area (TPSA) is 84.5 Å². The molecule has 6 nitrogen and oxygen atoms in total. The Morgan fingerprint density at radius 3 is 2.45 bits per heavy atom. The van der Waals surface area contributed by atoms with Gasteiger partial charge in [-0.3, -0.25) is 4.79 Å². The van der Waals surface area contributed by atoms with Crippen LogP contribution in [0.3, 0.4) is 0 Å². The average molecular weight is 417 g/mol. The third-order valence-electron chi connectivity index (χ3n) is 5.47. The van der Waals surface area contributed by atoms with E-state index in [1.165, 1.54) is 19.6 Å². The summed E-state index contributed by atoms with van der Waals surface area (Å²) in [5, 5.41) is 3.13. The molecule has 0 saturated heterocycles. The predicted octanol–water partition coefficient (Wildman–Crippen LogP) is 3.48. The van der Waals surface area contributed by atoms with Crippen LogP contribution in [0.4, 0.5) is 0 Å². The second-order valence-electron chi connectivity index (χ2n) is 7.51. The van der Waals surface area contributed by atoms with Gasteiger partial charge in [0.05, 0.1) is 7.11 Å². The third kappa shape index (κ3) is 5.36. The first kappa shape index (κ1) is 21.3. The molecule has 2 aromatic rings. The first-order valence-electron chi connectivity index (χ1n) is 9.93. The number of hydrogen-bond acceptors (Lipinski definition) is 4. The summed E-state index contributed by atoms with van der Waals surface area (Å²) < 4.78 is 32.8. The fraction of sp³-hybridized carbons (Fsp3) is 0.409. The zero-order chi connectivity index (χ0) is 20.9. The number of nitrogens with one attached hydrogen (secondary N) is 2. The van der Waals surface area contributed by atoms with Gasteiger partial charge in [-0.25, -0.2) is 13.1 Å². The van der Waals surface area contributed by atoms with Gasteiger partial charge in [-0.2, -0.15) is 0 Å². The molecule has 29 heavy (non-hydrogen) atoms. The standard InChI is InChI=1S/C22H28N2O4S/c1-16-7-3-4-8-19(16)24-22(25)18-13-11-17(12-14-18)15-23-29(26,27)21-10-6-5-9-20(21)28-2/h5-6,9-14,16,19,23H,3-4,7-8,15H2,1-2H3,(H,24,25)/t16-,19-/m0/s1. The van der Waals surface area contributed by atoms with E-state index in [0.29, 0.717) is 17.2 Å². The van der Waals surface area contributed by atoms with Gasteiger partial charge in [0, 0.05) is 18.2 Å². The normalized spacial score (nSPS) is 19.5. The molecule has 0 unspecified atom stereocenters. The monoisotopic (exact) mass is 416 g/mol. The van der Waals surface area contributed by atoms with Crippen LogP contribution in [0, 0.1) is 5.92 Å². The molecule has 0 bridgehead atoms. The maximum atomic E-state index is 12.6. The van der Waals surface area contributed by atoms with E-state index in [1.54, 1.807) is 42.5 Å². The summed E-state index contributed by atoms with van der Waals surface area (Å²) >= 11 is 0. The van der Waals surface area contributed by atoms with Crippen molar-refractivity contribution in [3.05, 3.63) is 59.7 Å². The number of rotatable bonds is 7. The van der Waals surface area contributed by atoms with E-state index in [-0.39, 0.29) is 23.4 Å². The van der Waals surface area contributed by atoms with Gasteiger partial charge >= 0.3 is 0 Å². The SMILES string of the molecule is COc1ccccc1S(=O)(=O)NCc1ccc(C(=O)N[C@H]2CCCC[C@@H]2C)cc1. The molecule has 0 aromatic heterocycles. The van der Waals surface area contributed by atoms with Gasteiger partial charge in [0.15, 0.2) is 0 Å². The minimum absolute atomic E-state index is 0.0788. The van der Waals surface area contributed by atoms with E-state index >= 15 is 0 Å². The highest BCUT2D eigenvalue weighted by Crippen LogP contribution is 2.24. The maximum Gasteiger partial charge on any atom is 0.251 e. The first-order valence-corrected chi connectivity index (χ1v) is 11.4. The zero-order valence-electron chi connectivity index (χ0n) is 16.9. The predicted molar refractivity (Wildman–Crippen MR) is 112 cm³/mol. The van der Waals surface area contributed by atoms with Gasteiger partial charge in [0.25, 0.3) is 5.91 Å². The number of carbonyl (C=O) groups excluding carboxylic acids is 1. The van der Waals surface area contributed by atoms with Gasteiger partial charge in [0.2, 0.25) is 10.0 Å². The van der Waals surface area contributed by atoms with Crippen LogP contribution in [0.15, 0.2) is 53.4 Å². The summed E-state index contributed by atoms with van der Waals surface area (Å²) in [5.74, 6) is 0.713. The number of methoxy groups -OCH3 is 1. The lowest BCUT2D eigenvalue weighted by Crippen LogP contribution is -2.41. The van der Waals surface area contributed by atoms with Gasteiger partial charge in [-0.15, -0.1) is 0 Å². The van der Waals surface area contributed by atoms with Crippen molar-refractivity contribution in [3.8, 4) is 5.75 Å². The molecule has 0 radical (unpaired) electrons. The molecule has 156 valence electrons. The van der Waals surface area contributed by atoms with Crippen LogP contribution in [0.1, 0.15) is 48.5 Å². The average Bonchev–Trinajstić information content (AvgIpc) is 2.74. The van der Waals surface area contributed by atoms with Crippen LogP contribution >= 0.6 is 0 Å². The number of para-hydroxylation sites is 1. The van der Waals surface area contributed by atoms with Crippen molar-refractivity contribution in [2.24, 2.45) is 5.92 Å². The van der Waals surface area contributed by atoms with Gasteiger partial charge in [0.1, 0.15) is 10.6 Å². The molecule has 0 aliphatic heterocycles. The highest BCUT2D eigenvalue weighted by molar-refractivity contribution is 7.89. The lowest BCUT2D eigenvalue weighted by molar-refractivity contribution is 0.0910. The minimum Gasteiger partial charge on any atom is -0.495 e. The van der Waals surface area contributed by atoms with Crippen LogP contribution < -0.4 is 14.8 Å². The molecule has 2 aromatic carbocycles. The molecule has 2 N–H and O–H groups in total. The van der Waals surface area contributed by atoms with Gasteiger partial charge in [-0.05, 0) is 48.6 Å². The molecular formula is C22H28N2O4S. The highest BCUT2D eigenvalue weighted by atomic mass is 32.2. The molecule has 1 amide bonds. The summed E-state index contributed by atoms with van der Waals surface area (Å²) in [7, 11) is -2.27. The van der Waals surface area contributed by atoms with Gasteiger partial charge < -0.3 is 10.1 Å². The molecule has 7 heteroatoms. The lowest BCUT2D eigenvalue weighted by Gasteiger charge is -2.29. The van der Waals surface area contributed by atoms with Crippen molar-refractivity contribution >= 4 is 15.9 Å². The molecule has 0 heterocycles. The second kappa shape index (κ2) is 9.41.